The van der Waals surface area contributed by atoms with Gasteiger partial charge in [-0.2, -0.15) is 4.31 Å². The number of hydrogen-bond donors (Lipinski definition) is 0. The maximum atomic E-state index is 12.7. The van der Waals surface area contributed by atoms with Gasteiger partial charge in [-0.3, -0.25) is 19.9 Å². The Labute approximate surface area is 150 Å². The molecular weight excluding hydrogens is 360 g/mol. The molecule has 0 unspecified atom stereocenters. The molecule has 0 spiro atoms. The summed E-state index contributed by atoms with van der Waals surface area (Å²) in [5.41, 5.74) is 0.166. The first kappa shape index (κ1) is 18.0. The molecule has 0 aliphatic carbocycles. The molecule has 1 aliphatic rings. The summed E-state index contributed by atoms with van der Waals surface area (Å²) in [4.78, 5) is 28.0. The predicted molar refractivity (Wildman–Crippen MR) is 92.0 cm³/mol. The van der Waals surface area contributed by atoms with Crippen molar-refractivity contribution in [2.75, 3.05) is 26.2 Å². The molecule has 1 aromatic heterocycles. The number of nitrogens with zero attached hydrogens (tertiary/aromatic N) is 4. The quantitative estimate of drug-likeness (QED) is 0.584. The largest absolute Gasteiger partial charge is 0.336 e. The third-order valence-corrected chi connectivity index (χ3v) is 6.00. The molecule has 0 N–H and O–H groups in total. The van der Waals surface area contributed by atoms with E-state index in [0.717, 1.165) is 6.07 Å². The average Bonchev–Trinajstić information content (AvgIpc) is 2.68. The molecule has 0 atom stereocenters. The van der Waals surface area contributed by atoms with Gasteiger partial charge in [0, 0.05) is 50.7 Å². The van der Waals surface area contributed by atoms with Gasteiger partial charge in [-0.25, -0.2) is 8.42 Å². The zero-order valence-electron chi connectivity index (χ0n) is 13.7. The fourth-order valence-corrected chi connectivity index (χ4v) is 4.17. The average molecular weight is 376 g/mol. The molecule has 0 radical (unpaired) electrons. The van der Waals surface area contributed by atoms with Crippen molar-refractivity contribution in [3.8, 4) is 0 Å². The van der Waals surface area contributed by atoms with Crippen molar-refractivity contribution in [2.45, 2.75) is 4.90 Å². The lowest BCUT2D eigenvalue weighted by molar-refractivity contribution is -0.385. The second-order valence-corrected chi connectivity index (χ2v) is 7.63. The van der Waals surface area contributed by atoms with Crippen LogP contribution in [0.3, 0.4) is 0 Å². The van der Waals surface area contributed by atoms with Gasteiger partial charge in [0.2, 0.25) is 10.0 Å². The van der Waals surface area contributed by atoms with Crippen LogP contribution < -0.4 is 0 Å². The van der Waals surface area contributed by atoms with Crippen molar-refractivity contribution < 1.29 is 18.1 Å². The molecule has 1 saturated heterocycles. The lowest BCUT2D eigenvalue weighted by atomic mass is 10.2. The first-order valence-corrected chi connectivity index (χ1v) is 9.27. The summed E-state index contributed by atoms with van der Waals surface area (Å²) >= 11 is 0. The molecule has 1 fully saturated rings. The van der Waals surface area contributed by atoms with Crippen LogP contribution >= 0.6 is 0 Å². The van der Waals surface area contributed by atoms with Gasteiger partial charge in [0.05, 0.1) is 15.4 Å². The van der Waals surface area contributed by atoms with Crippen molar-refractivity contribution in [1.82, 2.24) is 14.2 Å². The SMILES string of the molecule is O=C(c1cccnc1)N1CCN(S(=O)(=O)c2cccc([N+](=O)[O-])c2)CC1. The number of nitro benzene ring substituents is 1. The van der Waals surface area contributed by atoms with Crippen LogP contribution in [0.2, 0.25) is 0 Å². The molecule has 2 aromatic rings. The van der Waals surface area contributed by atoms with E-state index in [1.54, 1.807) is 23.2 Å². The number of sulfonamides is 1. The van der Waals surface area contributed by atoms with Crippen LogP contribution in [0.15, 0.2) is 53.7 Å². The van der Waals surface area contributed by atoms with Crippen LogP contribution in [0.1, 0.15) is 10.4 Å². The molecule has 136 valence electrons. The Morgan fingerprint density at radius 3 is 2.46 bits per heavy atom. The number of benzene rings is 1. The Kier molecular flexibility index (Phi) is 4.96. The van der Waals surface area contributed by atoms with Crippen LogP contribution in [-0.2, 0) is 10.0 Å². The van der Waals surface area contributed by atoms with E-state index in [9.17, 15) is 23.3 Å². The number of amides is 1. The molecule has 0 bridgehead atoms. The third-order valence-electron chi connectivity index (χ3n) is 4.10. The van der Waals surface area contributed by atoms with Crippen LogP contribution in [0.5, 0.6) is 0 Å². The second-order valence-electron chi connectivity index (χ2n) is 5.69. The number of carbonyl (C=O) groups excluding carboxylic acids is 1. The smallest absolute Gasteiger partial charge is 0.270 e. The summed E-state index contributed by atoms with van der Waals surface area (Å²) in [6.07, 6.45) is 3.04. The van der Waals surface area contributed by atoms with Gasteiger partial charge in [0.1, 0.15) is 0 Å². The van der Waals surface area contributed by atoms with Gasteiger partial charge in [-0.15, -0.1) is 0 Å². The van der Waals surface area contributed by atoms with Crippen LogP contribution in [0.4, 0.5) is 5.69 Å². The van der Waals surface area contributed by atoms with Gasteiger partial charge in [-0.05, 0) is 18.2 Å². The van der Waals surface area contributed by atoms with Crippen molar-refractivity contribution in [1.29, 1.82) is 0 Å². The van der Waals surface area contributed by atoms with Crippen LogP contribution in [0, 0.1) is 10.1 Å². The minimum atomic E-state index is -3.85. The summed E-state index contributed by atoms with van der Waals surface area (Å²) in [5.74, 6) is -0.203. The molecule has 1 aromatic carbocycles. The van der Waals surface area contributed by atoms with E-state index in [1.165, 1.54) is 28.7 Å². The number of carbonyl (C=O) groups is 1. The van der Waals surface area contributed by atoms with Crippen LogP contribution in [-0.4, -0.2) is 59.6 Å². The summed E-state index contributed by atoms with van der Waals surface area (Å²) < 4.78 is 26.6. The molecule has 2 heterocycles. The van der Waals surface area contributed by atoms with Gasteiger partial charge < -0.3 is 4.90 Å². The molecule has 10 heteroatoms. The van der Waals surface area contributed by atoms with Gasteiger partial charge in [-0.1, -0.05) is 6.07 Å². The Morgan fingerprint density at radius 2 is 1.85 bits per heavy atom. The fraction of sp³-hybridized carbons (Fsp3) is 0.250. The molecule has 1 aliphatic heterocycles. The first-order chi connectivity index (χ1) is 12.4. The third kappa shape index (κ3) is 3.55. The lowest BCUT2D eigenvalue weighted by Crippen LogP contribution is -2.50. The minimum Gasteiger partial charge on any atom is -0.336 e. The maximum absolute atomic E-state index is 12.7. The van der Waals surface area contributed by atoms with Crippen molar-refractivity contribution in [3.63, 3.8) is 0 Å². The summed E-state index contributed by atoms with van der Waals surface area (Å²) in [6, 6.07) is 8.27. The highest BCUT2D eigenvalue weighted by atomic mass is 32.2. The molecule has 9 nitrogen and oxygen atoms in total. The van der Waals surface area contributed by atoms with E-state index < -0.39 is 14.9 Å². The number of hydrogen-bond acceptors (Lipinski definition) is 6. The summed E-state index contributed by atoms with van der Waals surface area (Å²) in [6.45, 7) is 0.720. The second kappa shape index (κ2) is 7.18. The monoisotopic (exact) mass is 376 g/mol. The lowest BCUT2D eigenvalue weighted by Gasteiger charge is -2.34. The van der Waals surface area contributed by atoms with E-state index in [1.807, 2.05) is 0 Å². The number of aromatic nitrogens is 1. The zero-order chi connectivity index (χ0) is 18.7. The van der Waals surface area contributed by atoms with Crippen molar-refractivity contribution in [3.05, 3.63) is 64.5 Å². The van der Waals surface area contributed by atoms with E-state index >= 15 is 0 Å². The van der Waals surface area contributed by atoms with Gasteiger partial charge in [0.15, 0.2) is 0 Å². The van der Waals surface area contributed by atoms with E-state index in [4.69, 9.17) is 0 Å². The molecule has 0 saturated carbocycles. The van der Waals surface area contributed by atoms with Gasteiger partial charge >= 0.3 is 0 Å². The van der Waals surface area contributed by atoms with Crippen molar-refractivity contribution in [2.24, 2.45) is 0 Å². The Hall–Kier alpha value is -2.85. The number of rotatable bonds is 4. The molecular formula is C16H16N4O5S. The first-order valence-electron chi connectivity index (χ1n) is 7.83. The van der Waals surface area contributed by atoms with Gasteiger partial charge in [0.25, 0.3) is 11.6 Å². The number of piperazine rings is 1. The Bertz CT molecular complexity index is 925. The number of non-ortho nitro benzene ring substituents is 1. The Balaban J connectivity index is 1.72. The molecule has 26 heavy (non-hydrogen) atoms. The highest BCUT2D eigenvalue weighted by molar-refractivity contribution is 7.89. The zero-order valence-corrected chi connectivity index (χ0v) is 14.5. The highest BCUT2D eigenvalue weighted by Gasteiger charge is 2.31. The highest BCUT2D eigenvalue weighted by Crippen LogP contribution is 2.22. The standard InChI is InChI=1S/C16H16N4O5S/c21-16(13-3-2-6-17-12-13)18-7-9-19(10-8-18)26(24,25)15-5-1-4-14(11-15)20(22)23/h1-6,11-12H,7-10H2. The summed E-state index contributed by atoms with van der Waals surface area (Å²) in [5, 5.41) is 10.9. The maximum Gasteiger partial charge on any atom is 0.270 e. The molecule has 3 rings (SSSR count). The Morgan fingerprint density at radius 1 is 1.12 bits per heavy atom. The fourth-order valence-electron chi connectivity index (χ4n) is 2.71. The van der Waals surface area contributed by atoms with E-state index in [-0.39, 0.29) is 42.7 Å². The number of nitro groups is 1. The normalized spacial score (nSPS) is 15.6. The minimum absolute atomic E-state index is 0.122. The number of pyridine rings is 1. The van der Waals surface area contributed by atoms with Crippen molar-refractivity contribution >= 4 is 21.6 Å². The van der Waals surface area contributed by atoms with Crippen LogP contribution in [0.25, 0.3) is 0 Å². The van der Waals surface area contributed by atoms with E-state index in [2.05, 4.69) is 4.98 Å². The predicted octanol–water partition coefficient (Wildman–Crippen LogP) is 1.14. The van der Waals surface area contributed by atoms with E-state index in [0.29, 0.717) is 5.56 Å². The topological polar surface area (TPSA) is 114 Å². The molecule has 1 amide bonds. The summed E-state index contributed by atoms with van der Waals surface area (Å²) in [7, 11) is -3.85.